The molecule has 2 unspecified atom stereocenters. The Bertz CT molecular complexity index is 102. The molecule has 50 valence electrons. The van der Waals surface area contributed by atoms with Crippen molar-refractivity contribution in [1.82, 2.24) is 0 Å². The van der Waals surface area contributed by atoms with Crippen LogP contribution in [0.4, 0.5) is 0 Å². The molecule has 1 N–H and O–H groups in total. The zero-order chi connectivity index (χ0) is 5.98. The maximum absolute atomic E-state index is 10.1. The third-order valence-electron chi connectivity index (χ3n) is 0.816. The molecule has 9 heavy (non-hydrogen) atoms. The molecule has 6 heteroatoms. The van der Waals surface area contributed by atoms with Crippen LogP contribution in [0.5, 0.6) is 0 Å². The van der Waals surface area contributed by atoms with Gasteiger partial charge in [0.1, 0.15) is 6.79 Å². The van der Waals surface area contributed by atoms with Gasteiger partial charge in [-0.25, -0.2) is 4.21 Å². The van der Waals surface area contributed by atoms with Crippen molar-refractivity contribution in [3.05, 3.63) is 0 Å². The summed E-state index contributed by atoms with van der Waals surface area (Å²) in [6.45, 7) is 0.361. The number of hydrogen-bond acceptors (Lipinski definition) is 3. The Morgan fingerprint density at radius 1 is 1.67 bits per heavy atom. The van der Waals surface area contributed by atoms with Crippen LogP contribution in [0, 0.1) is 0 Å². The van der Waals surface area contributed by atoms with E-state index in [0.29, 0.717) is 0 Å². The molecule has 4 nitrogen and oxygen atoms in total. The van der Waals surface area contributed by atoms with Crippen LogP contribution in [0.15, 0.2) is 0 Å². The van der Waals surface area contributed by atoms with Gasteiger partial charge in [0.05, 0.1) is 6.61 Å². The van der Waals surface area contributed by atoms with Gasteiger partial charge in [-0.05, 0) is 0 Å². The molecule has 2 atom stereocenters. The van der Waals surface area contributed by atoms with Crippen LogP contribution in [0.1, 0.15) is 0 Å². The average molecular weight is 162 g/mol. The molecule has 1 fully saturated rings. The van der Waals surface area contributed by atoms with Crippen LogP contribution in [-0.2, 0) is 20.6 Å². The second-order valence-electron chi connectivity index (χ2n) is 1.36. The molecule has 1 aliphatic heterocycles. The molecule has 0 aromatic carbocycles. The first-order chi connectivity index (χ1) is 3.80. The standard InChI is InChI=1S/C3H6O4S.Na.H/c4-8(5)3-1-6-2-7-3;;/h3H,1-2H2,(H,4,5);;. The Kier molecular flexibility index (Phi) is 5.33. The fourth-order valence-electron chi connectivity index (χ4n) is 0.433. The summed E-state index contributed by atoms with van der Waals surface area (Å²) in [5, 5.41) is 0. The van der Waals surface area contributed by atoms with Gasteiger partial charge in [-0.3, -0.25) is 0 Å². The molecular weight excluding hydrogens is 155 g/mol. The molecule has 1 aliphatic rings. The Hall–Kier alpha value is 1.03. The molecule has 0 aromatic rings. The summed E-state index contributed by atoms with van der Waals surface area (Å²) in [5.74, 6) is 0. The van der Waals surface area contributed by atoms with Gasteiger partial charge in [0.15, 0.2) is 16.5 Å². The van der Waals surface area contributed by atoms with E-state index in [0.717, 1.165) is 0 Å². The van der Waals surface area contributed by atoms with Gasteiger partial charge in [-0.1, -0.05) is 0 Å². The Morgan fingerprint density at radius 2 is 2.33 bits per heavy atom. The summed E-state index contributed by atoms with van der Waals surface area (Å²) in [6, 6.07) is 0. The van der Waals surface area contributed by atoms with E-state index in [1.165, 1.54) is 0 Å². The van der Waals surface area contributed by atoms with E-state index < -0.39 is 16.5 Å². The topological polar surface area (TPSA) is 55.8 Å². The van der Waals surface area contributed by atoms with Crippen LogP contribution in [0.2, 0.25) is 0 Å². The van der Waals surface area contributed by atoms with Crippen molar-refractivity contribution in [1.29, 1.82) is 0 Å². The van der Waals surface area contributed by atoms with Crippen LogP contribution in [-0.4, -0.2) is 57.2 Å². The van der Waals surface area contributed by atoms with E-state index in [1.807, 2.05) is 0 Å². The monoisotopic (exact) mass is 162 g/mol. The zero-order valence-corrected chi connectivity index (χ0v) is 4.89. The van der Waals surface area contributed by atoms with Crippen molar-refractivity contribution in [3.63, 3.8) is 0 Å². The summed E-state index contributed by atoms with van der Waals surface area (Å²) in [6.07, 6.45) is 0. The normalized spacial score (nSPS) is 29.2. The summed E-state index contributed by atoms with van der Waals surface area (Å²) >= 11 is -1.89. The molecule has 0 spiro atoms. The third-order valence-corrected chi connectivity index (χ3v) is 1.54. The van der Waals surface area contributed by atoms with Gasteiger partial charge < -0.3 is 14.0 Å². The minimum absolute atomic E-state index is 0. The molecule has 0 amide bonds. The second kappa shape index (κ2) is 4.79. The molecule has 1 heterocycles. The Balaban J connectivity index is 0.000000640. The van der Waals surface area contributed by atoms with Gasteiger partial charge in [-0.15, -0.1) is 0 Å². The fourth-order valence-corrected chi connectivity index (χ4v) is 0.817. The average Bonchev–Trinajstić information content (AvgIpc) is 2.12. The SMILES string of the molecule is O=S(O)C1COCO1.[NaH]. The summed E-state index contributed by atoms with van der Waals surface area (Å²) in [5.41, 5.74) is -0.630. The van der Waals surface area contributed by atoms with Crippen molar-refractivity contribution >= 4 is 40.6 Å². The molecule has 1 saturated heterocycles. The van der Waals surface area contributed by atoms with Crippen molar-refractivity contribution in [3.8, 4) is 0 Å². The van der Waals surface area contributed by atoms with Gasteiger partial charge in [-0.2, -0.15) is 0 Å². The number of hydrogen-bond donors (Lipinski definition) is 1. The van der Waals surface area contributed by atoms with Crippen molar-refractivity contribution in [2.45, 2.75) is 5.44 Å². The van der Waals surface area contributed by atoms with Gasteiger partial charge >= 0.3 is 29.6 Å². The second-order valence-corrected chi connectivity index (χ2v) is 2.44. The molecule has 0 aromatic heterocycles. The van der Waals surface area contributed by atoms with E-state index in [1.54, 1.807) is 0 Å². The first-order valence-corrected chi connectivity index (χ1v) is 3.26. The maximum atomic E-state index is 10.1. The minimum atomic E-state index is -1.89. The molecule has 0 radical (unpaired) electrons. The summed E-state index contributed by atoms with van der Waals surface area (Å²) < 4.78 is 27.7. The third kappa shape index (κ3) is 3.08. The van der Waals surface area contributed by atoms with Gasteiger partial charge in [0.25, 0.3) is 0 Å². The van der Waals surface area contributed by atoms with Gasteiger partial charge in [0.2, 0.25) is 0 Å². The molecule has 0 aliphatic carbocycles. The predicted octanol–water partition coefficient (Wildman–Crippen LogP) is -1.11. The number of ether oxygens (including phenoxy) is 2. The quantitative estimate of drug-likeness (QED) is 0.392. The zero-order valence-electron chi connectivity index (χ0n) is 4.07. The number of rotatable bonds is 1. The summed E-state index contributed by atoms with van der Waals surface area (Å²) in [7, 11) is 0. The summed E-state index contributed by atoms with van der Waals surface area (Å²) in [4.78, 5) is 0. The first kappa shape index (κ1) is 10.0. The van der Waals surface area contributed by atoms with E-state index >= 15 is 0 Å². The van der Waals surface area contributed by atoms with Crippen molar-refractivity contribution in [2.24, 2.45) is 0 Å². The molecular formula is C3H7NaO4S. The van der Waals surface area contributed by atoms with E-state index in [4.69, 9.17) is 4.55 Å². The molecule has 0 saturated carbocycles. The van der Waals surface area contributed by atoms with E-state index in [2.05, 4.69) is 9.47 Å². The van der Waals surface area contributed by atoms with Crippen LogP contribution in [0.3, 0.4) is 0 Å². The van der Waals surface area contributed by atoms with E-state index in [9.17, 15) is 4.21 Å². The predicted molar refractivity (Wildman–Crippen MR) is 33.6 cm³/mol. The molecule has 1 rings (SSSR count). The van der Waals surface area contributed by atoms with Crippen molar-refractivity contribution < 1.29 is 18.2 Å². The molecule has 0 bridgehead atoms. The Morgan fingerprint density at radius 3 is 2.56 bits per heavy atom. The van der Waals surface area contributed by atoms with E-state index in [-0.39, 0.29) is 43.0 Å². The van der Waals surface area contributed by atoms with Crippen LogP contribution >= 0.6 is 0 Å². The Labute approximate surface area is 77.5 Å². The van der Waals surface area contributed by atoms with Crippen LogP contribution in [0.25, 0.3) is 0 Å². The van der Waals surface area contributed by atoms with Crippen molar-refractivity contribution in [2.75, 3.05) is 13.4 Å². The van der Waals surface area contributed by atoms with Gasteiger partial charge in [0, 0.05) is 0 Å². The van der Waals surface area contributed by atoms with Crippen LogP contribution < -0.4 is 0 Å². The fraction of sp³-hybridized carbons (Fsp3) is 1.00. The first-order valence-electron chi connectivity index (χ1n) is 2.09.